The van der Waals surface area contributed by atoms with E-state index in [-0.39, 0.29) is 13.2 Å². The highest BCUT2D eigenvalue weighted by atomic mass is 79.9. The van der Waals surface area contributed by atoms with E-state index in [9.17, 15) is 19.2 Å². The van der Waals surface area contributed by atoms with Gasteiger partial charge in [0.25, 0.3) is 0 Å². The average Bonchev–Trinajstić information content (AvgIpc) is 2.48. The zero-order valence-electron chi connectivity index (χ0n) is 16.0. The van der Waals surface area contributed by atoms with Crippen LogP contribution in [0.5, 0.6) is 0 Å². The fraction of sp³-hybridized carbons (Fsp3) is 0.733. The monoisotopic (exact) mass is 652 g/mol. The molecule has 0 aromatic carbocycles. The quantitative estimate of drug-likeness (QED) is 0.170. The Labute approximate surface area is 198 Å². The zero-order valence-corrected chi connectivity index (χ0v) is 22.3. The molecule has 0 saturated heterocycles. The summed E-state index contributed by atoms with van der Waals surface area (Å²) in [6, 6.07) is 0. The van der Waals surface area contributed by atoms with Gasteiger partial charge < -0.3 is 20.1 Å². The van der Waals surface area contributed by atoms with Crippen molar-refractivity contribution in [3.8, 4) is 0 Å². The first kappa shape index (κ1) is 27.9. The van der Waals surface area contributed by atoms with Gasteiger partial charge in [-0.3, -0.25) is 9.59 Å². The second-order valence-electron chi connectivity index (χ2n) is 6.94. The van der Waals surface area contributed by atoms with E-state index < -0.39 is 41.2 Å². The molecule has 158 valence electrons. The lowest BCUT2D eigenvalue weighted by molar-refractivity contribution is -0.160. The second-order valence-corrected chi connectivity index (χ2v) is 14.7. The van der Waals surface area contributed by atoms with E-state index in [0.717, 1.165) is 0 Å². The van der Waals surface area contributed by atoms with Crippen molar-refractivity contribution in [2.75, 3.05) is 13.2 Å². The normalized spacial score (nSPS) is 12.8. The fourth-order valence-corrected chi connectivity index (χ4v) is 1.89. The molecular formula is C15H21BBr4N2O6. The minimum absolute atomic E-state index is 0.231. The highest BCUT2D eigenvalue weighted by molar-refractivity contribution is 9.26. The van der Waals surface area contributed by atoms with Gasteiger partial charge >= 0.3 is 11.9 Å². The molecule has 0 unspecified atom stereocenters. The van der Waals surface area contributed by atoms with Crippen LogP contribution in [0.4, 0.5) is 0 Å². The molecule has 0 rings (SSSR count). The van der Waals surface area contributed by atoms with Gasteiger partial charge in [-0.1, -0.05) is 63.7 Å². The maximum absolute atomic E-state index is 12.1. The van der Waals surface area contributed by atoms with E-state index in [2.05, 4.69) is 74.4 Å². The Bertz CT molecular complexity index is 575. The number of esters is 2. The number of hydrogen-bond donors (Lipinski definition) is 2. The molecule has 0 aliphatic carbocycles. The van der Waals surface area contributed by atoms with Crippen LogP contribution in [0.3, 0.4) is 0 Å². The number of halogens is 4. The molecule has 0 heterocycles. The molecule has 0 spiro atoms. The minimum Gasteiger partial charge on any atom is -0.460 e. The summed E-state index contributed by atoms with van der Waals surface area (Å²) in [5.74, 6) is -2.60. The number of amides is 2. The molecule has 2 N–H and O–H groups in total. The van der Waals surface area contributed by atoms with E-state index in [0.29, 0.717) is 0 Å². The molecule has 0 bridgehead atoms. The van der Waals surface area contributed by atoms with Crippen molar-refractivity contribution < 1.29 is 28.7 Å². The smallest absolute Gasteiger partial charge is 0.331 e. The summed E-state index contributed by atoms with van der Waals surface area (Å²) in [4.78, 5) is 48.0. The summed E-state index contributed by atoms with van der Waals surface area (Å²) in [5, 5.41) is 4.93. The van der Waals surface area contributed by atoms with Crippen LogP contribution in [0.1, 0.15) is 34.6 Å². The van der Waals surface area contributed by atoms with Gasteiger partial charge in [0.1, 0.15) is 35.3 Å². The van der Waals surface area contributed by atoms with Crippen molar-refractivity contribution in [2.45, 2.75) is 52.1 Å². The maximum atomic E-state index is 12.1. The fourth-order valence-electron chi connectivity index (χ4n) is 1.49. The predicted octanol–water partition coefficient (Wildman–Crippen LogP) is 1.98. The molecule has 2 radical (unpaired) electrons. The first-order valence-corrected chi connectivity index (χ1v) is 11.0. The summed E-state index contributed by atoms with van der Waals surface area (Å²) in [7, 11) is 5.52. The molecule has 8 nitrogen and oxygen atoms in total. The van der Waals surface area contributed by atoms with Gasteiger partial charge in [-0.25, -0.2) is 9.59 Å². The molecule has 13 heteroatoms. The number of alkyl halides is 4. The largest absolute Gasteiger partial charge is 0.460 e. The topological polar surface area (TPSA) is 111 Å². The van der Waals surface area contributed by atoms with Crippen LogP contribution in [-0.2, 0) is 28.7 Å². The van der Waals surface area contributed by atoms with Crippen LogP contribution in [0.25, 0.3) is 0 Å². The summed E-state index contributed by atoms with van der Waals surface area (Å²) in [6.07, 6.45) is 0. The molecule has 0 aromatic rings. The number of carbonyl (C=O) groups is 4. The third-order valence-corrected chi connectivity index (χ3v) is 4.56. The number of ether oxygens (including phenoxy) is 2. The van der Waals surface area contributed by atoms with Crippen LogP contribution in [0.2, 0.25) is 0 Å². The van der Waals surface area contributed by atoms with Gasteiger partial charge in [-0.15, -0.1) is 0 Å². The Kier molecular flexibility index (Phi) is 10.2. The van der Waals surface area contributed by atoms with E-state index in [1.54, 1.807) is 6.92 Å². The van der Waals surface area contributed by atoms with Crippen LogP contribution in [0, 0.1) is 0 Å². The summed E-state index contributed by atoms with van der Waals surface area (Å²) in [5.41, 5.74) is -2.66. The second kappa shape index (κ2) is 10.3. The number of hydrogen-bond acceptors (Lipinski definition) is 6. The zero-order chi connectivity index (χ0) is 22.6. The number of rotatable bonds is 9. The standard InChI is InChI=1S/C15H21BBr4N2O6/c1-12(2,21-8(23)14(5,17)18)10(25)27-6-7-28-11(26)13(3,4)22-9(24)15(16,19)20/h6-7H2,1-5H3,(H,21,23)(H,22,24). The Hall–Kier alpha value is -0.135. The Morgan fingerprint density at radius 1 is 0.750 bits per heavy atom. The number of nitrogens with one attached hydrogen (secondary N) is 2. The first-order valence-electron chi connectivity index (χ1n) is 7.85. The van der Waals surface area contributed by atoms with Crippen molar-refractivity contribution in [1.82, 2.24) is 10.6 Å². The third-order valence-electron chi connectivity index (χ3n) is 3.12. The van der Waals surface area contributed by atoms with Crippen molar-refractivity contribution in [2.24, 2.45) is 0 Å². The Morgan fingerprint density at radius 2 is 1.07 bits per heavy atom. The van der Waals surface area contributed by atoms with Crippen LogP contribution in [-0.4, -0.2) is 62.3 Å². The Morgan fingerprint density at radius 3 is 1.36 bits per heavy atom. The van der Waals surface area contributed by atoms with Gasteiger partial charge in [0.2, 0.25) is 11.8 Å². The summed E-state index contributed by atoms with van der Waals surface area (Å²) >= 11 is 12.1. The van der Waals surface area contributed by atoms with Crippen LogP contribution in [0.15, 0.2) is 0 Å². The molecule has 0 aromatic heterocycles. The molecule has 2 amide bonds. The lowest BCUT2D eigenvalue weighted by Gasteiger charge is -2.28. The Balaban J connectivity index is 4.54. The van der Waals surface area contributed by atoms with Crippen LogP contribution < -0.4 is 10.6 Å². The minimum atomic E-state index is -1.52. The highest BCUT2D eigenvalue weighted by Crippen LogP contribution is 2.26. The van der Waals surface area contributed by atoms with E-state index in [1.165, 1.54) is 27.7 Å². The average molecular weight is 656 g/mol. The van der Waals surface area contributed by atoms with Crippen molar-refractivity contribution >= 4 is 95.3 Å². The van der Waals surface area contributed by atoms with E-state index in [1.807, 2.05) is 0 Å². The molecule has 0 saturated carbocycles. The summed E-state index contributed by atoms with van der Waals surface area (Å²) in [6.45, 7) is 6.91. The van der Waals surface area contributed by atoms with Gasteiger partial charge in [0.05, 0.1) is 0 Å². The number of carbonyl (C=O) groups excluding carboxylic acids is 4. The van der Waals surface area contributed by atoms with Gasteiger partial charge in [-0.2, -0.15) is 0 Å². The van der Waals surface area contributed by atoms with E-state index >= 15 is 0 Å². The van der Waals surface area contributed by atoms with Crippen molar-refractivity contribution in [3.05, 3.63) is 0 Å². The molecule has 28 heavy (non-hydrogen) atoms. The summed E-state index contributed by atoms with van der Waals surface area (Å²) < 4.78 is 7.49. The lowest BCUT2D eigenvalue weighted by Crippen LogP contribution is -2.55. The maximum Gasteiger partial charge on any atom is 0.331 e. The molecule has 0 aliphatic heterocycles. The lowest BCUT2D eigenvalue weighted by atomic mass is 10.0. The van der Waals surface area contributed by atoms with Crippen molar-refractivity contribution in [3.63, 3.8) is 0 Å². The van der Waals surface area contributed by atoms with E-state index in [4.69, 9.17) is 17.3 Å². The molecule has 0 fully saturated rings. The molecule has 0 atom stereocenters. The molecular weight excluding hydrogens is 635 g/mol. The van der Waals surface area contributed by atoms with Gasteiger partial charge in [-0.05, 0) is 34.6 Å². The van der Waals surface area contributed by atoms with Crippen molar-refractivity contribution in [1.29, 1.82) is 0 Å². The highest BCUT2D eigenvalue weighted by Gasteiger charge is 2.38. The van der Waals surface area contributed by atoms with Gasteiger partial charge in [0, 0.05) is 0 Å². The first-order chi connectivity index (χ1) is 12.3. The SMILES string of the molecule is [B]C(Br)(Br)C(=O)NC(C)(C)C(=O)OCCOC(=O)C(C)(C)NC(=O)C(C)(Br)Br. The van der Waals surface area contributed by atoms with Crippen LogP contribution >= 0.6 is 63.7 Å². The third kappa shape index (κ3) is 9.58. The van der Waals surface area contributed by atoms with Gasteiger partial charge in [0.15, 0.2) is 3.23 Å². The predicted molar refractivity (Wildman–Crippen MR) is 119 cm³/mol. The molecule has 0 aliphatic rings.